The zero-order chi connectivity index (χ0) is 18.4. The molecule has 1 aliphatic heterocycles. The van der Waals surface area contributed by atoms with Gasteiger partial charge in [0.1, 0.15) is 0 Å². The van der Waals surface area contributed by atoms with Gasteiger partial charge in [-0.2, -0.15) is 0 Å². The number of hydrogen-bond donors (Lipinski definition) is 2. The Morgan fingerprint density at radius 2 is 1.78 bits per heavy atom. The van der Waals surface area contributed by atoms with E-state index in [0.717, 1.165) is 63.2 Å². The smallest absolute Gasteiger partial charge is 0.225 e. The number of likely N-dealkylation sites (tertiary alicyclic amines) is 1. The van der Waals surface area contributed by atoms with Crippen molar-refractivity contribution in [2.45, 2.75) is 77.7 Å². The fourth-order valence-electron chi connectivity index (χ4n) is 4.90. The molecule has 156 valence electrons. The first-order valence-electron chi connectivity index (χ1n) is 11.0. The summed E-state index contributed by atoms with van der Waals surface area (Å²) in [7, 11) is 0. The van der Waals surface area contributed by atoms with E-state index >= 15 is 0 Å². The molecule has 1 saturated heterocycles. The highest BCUT2D eigenvalue weighted by molar-refractivity contribution is 14.0. The Morgan fingerprint density at radius 1 is 1.07 bits per heavy atom. The molecule has 3 aliphatic rings. The third-order valence-corrected chi connectivity index (χ3v) is 6.66. The standard InChI is InChI=1S/C21H38N4O.HI/c1-3-22-21(23-14-18-11-5-4-8-16(18)2)24-19-12-13-25(15-19)20(26)17-9-6-7-10-17;/h16-19H,3-15H2,1-2H3,(H2,22,23,24);1H. The van der Waals surface area contributed by atoms with Gasteiger partial charge < -0.3 is 15.5 Å². The van der Waals surface area contributed by atoms with E-state index in [1.807, 2.05) is 0 Å². The van der Waals surface area contributed by atoms with Gasteiger partial charge in [0.2, 0.25) is 5.91 Å². The summed E-state index contributed by atoms with van der Waals surface area (Å²) < 4.78 is 0. The first-order chi connectivity index (χ1) is 12.7. The summed E-state index contributed by atoms with van der Waals surface area (Å²) in [6.45, 7) is 8.03. The maximum absolute atomic E-state index is 12.6. The summed E-state index contributed by atoms with van der Waals surface area (Å²) >= 11 is 0. The number of hydrogen-bond acceptors (Lipinski definition) is 2. The van der Waals surface area contributed by atoms with Gasteiger partial charge >= 0.3 is 0 Å². The molecular formula is C21H39IN4O. The molecule has 3 fully saturated rings. The topological polar surface area (TPSA) is 56.7 Å². The van der Waals surface area contributed by atoms with Crippen LogP contribution >= 0.6 is 24.0 Å². The van der Waals surface area contributed by atoms with Gasteiger partial charge in [-0.05, 0) is 44.4 Å². The molecule has 3 atom stereocenters. The average Bonchev–Trinajstić information content (AvgIpc) is 3.32. The Labute approximate surface area is 182 Å². The molecule has 2 N–H and O–H groups in total. The number of amides is 1. The molecule has 0 aromatic carbocycles. The van der Waals surface area contributed by atoms with Gasteiger partial charge in [-0.3, -0.25) is 9.79 Å². The van der Waals surface area contributed by atoms with Crippen molar-refractivity contribution in [2.75, 3.05) is 26.2 Å². The third kappa shape index (κ3) is 6.50. The van der Waals surface area contributed by atoms with Crippen molar-refractivity contribution in [1.29, 1.82) is 0 Å². The molecule has 1 heterocycles. The van der Waals surface area contributed by atoms with Crippen LogP contribution in [0.3, 0.4) is 0 Å². The number of nitrogens with zero attached hydrogens (tertiary/aromatic N) is 2. The van der Waals surface area contributed by atoms with Gasteiger partial charge in [-0.15, -0.1) is 24.0 Å². The van der Waals surface area contributed by atoms with Crippen molar-refractivity contribution in [1.82, 2.24) is 15.5 Å². The quantitative estimate of drug-likeness (QED) is 0.351. The van der Waals surface area contributed by atoms with E-state index in [2.05, 4.69) is 29.4 Å². The van der Waals surface area contributed by atoms with E-state index in [1.54, 1.807) is 0 Å². The second-order valence-electron chi connectivity index (χ2n) is 8.64. The predicted octanol–water partition coefficient (Wildman–Crippen LogP) is 3.78. The van der Waals surface area contributed by atoms with Crippen LogP contribution in [0.4, 0.5) is 0 Å². The molecule has 5 nitrogen and oxygen atoms in total. The Kier molecular flexibility index (Phi) is 9.66. The molecule has 2 saturated carbocycles. The molecule has 0 bridgehead atoms. The van der Waals surface area contributed by atoms with E-state index in [4.69, 9.17) is 4.99 Å². The number of carbonyl (C=O) groups is 1. The Hall–Kier alpha value is -0.530. The van der Waals surface area contributed by atoms with Crippen LogP contribution in [0.1, 0.15) is 71.6 Å². The van der Waals surface area contributed by atoms with E-state index in [-0.39, 0.29) is 24.0 Å². The number of rotatable bonds is 5. The predicted molar refractivity (Wildman–Crippen MR) is 123 cm³/mol. The zero-order valence-corrected chi connectivity index (χ0v) is 19.5. The van der Waals surface area contributed by atoms with Gasteiger partial charge in [0.25, 0.3) is 0 Å². The van der Waals surface area contributed by atoms with E-state index in [0.29, 0.717) is 17.9 Å². The fraction of sp³-hybridized carbons (Fsp3) is 0.905. The molecule has 3 unspecified atom stereocenters. The summed E-state index contributed by atoms with van der Waals surface area (Å²) in [5.74, 6) is 3.14. The molecule has 3 rings (SSSR count). The number of halogens is 1. The maximum atomic E-state index is 12.6. The van der Waals surface area contributed by atoms with Crippen LogP contribution in [0.15, 0.2) is 4.99 Å². The normalized spacial score (nSPS) is 29.5. The van der Waals surface area contributed by atoms with Crippen LogP contribution in [0.2, 0.25) is 0 Å². The Bertz CT molecular complexity index is 493. The lowest BCUT2D eigenvalue weighted by atomic mass is 9.80. The minimum Gasteiger partial charge on any atom is -0.357 e. The van der Waals surface area contributed by atoms with Gasteiger partial charge in [-0.1, -0.05) is 39.0 Å². The highest BCUT2D eigenvalue weighted by Crippen LogP contribution is 2.30. The number of nitrogens with one attached hydrogen (secondary N) is 2. The minimum absolute atomic E-state index is 0. The highest BCUT2D eigenvalue weighted by atomic mass is 127. The largest absolute Gasteiger partial charge is 0.357 e. The monoisotopic (exact) mass is 490 g/mol. The molecule has 6 heteroatoms. The van der Waals surface area contributed by atoms with Gasteiger partial charge in [0.15, 0.2) is 5.96 Å². The summed E-state index contributed by atoms with van der Waals surface area (Å²) in [6, 6.07) is 0.335. The van der Waals surface area contributed by atoms with Crippen LogP contribution in [-0.4, -0.2) is 49.0 Å². The van der Waals surface area contributed by atoms with Crippen LogP contribution in [-0.2, 0) is 4.79 Å². The van der Waals surface area contributed by atoms with Gasteiger partial charge in [0, 0.05) is 38.1 Å². The van der Waals surface area contributed by atoms with Crippen molar-refractivity contribution in [3.63, 3.8) is 0 Å². The molecule has 27 heavy (non-hydrogen) atoms. The van der Waals surface area contributed by atoms with Crippen molar-refractivity contribution < 1.29 is 4.79 Å². The first-order valence-corrected chi connectivity index (χ1v) is 11.0. The van der Waals surface area contributed by atoms with Gasteiger partial charge in [-0.25, -0.2) is 0 Å². The van der Waals surface area contributed by atoms with Crippen molar-refractivity contribution in [2.24, 2.45) is 22.7 Å². The number of aliphatic imine (C=N–C) groups is 1. The molecule has 1 amide bonds. The van der Waals surface area contributed by atoms with Crippen molar-refractivity contribution in [3.05, 3.63) is 0 Å². The first kappa shape index (κ1) is 22.8. The SMILES string of the molecule is CCNC(=NCC1CCCCC1C)NC1CCN(C(=O)C2CCCC2)C1.I. The lowest BCUT2D eigenvalue weighted by molar-refractivity contribution is -0.134. The number of carbonyl (C=O) groups excluding carboxylic acids is 1. The summed E-state index contributed by atoms with van der Waals surface area (Å²) in [6.07, 6.45) is 11.1. The number of guanidine groups is 1. The fourth-order valence-corrected chi connectivity index (χ4v) is 4.90. The van der Waals surface area contributed by atoms with Crippen LogP contribution < -0.4 is 10.6 Å². The summed E-state index contributed by atoms with van der Waals surface area (Å²) in [5, 5.41) is 6.99. The van der Waals surface area contributed by atoms with Crippen LogP contribution in [0, 0.1) is 17.8 Å². The Balaban J connectivity index is 0.00000261. The second-order valence-corrected chi connectivity index (χ2v) is 8.64. The summed E-state index contributed by atoms with van der Waals surface area (Å²) in [4.78, 5) is 19.6. The average molecular weight is 490 g/mol. The molecule has 0 radical (unpaired) electrons. The molecule has 0 aromatic heterocycles. The Morgan fingerprint density at radius 3 is 2.48 bits per heavy atom. The van der Waals surface area contributed by atoms with E-state index in [9.17, 15) is 4.79 Å². The van der Waals surface area contributed by atoms with Gasteiger partial charge in [0.05, 0.1) is 0 Å². The second kappa shape index (κ2) is 11.5. The van der Waals surface area contributed by atoms with Crippen LogP contribution in [0.25, 0.3) is 0 Å². The third-order valence-electron chi connectivity index (χ3n) is 6.66. The minimum atomic E-state index is 0. The lowest BCUT2D eigenvalue weighted by Gasteiger charge is -2.27. The van der Waals surface area contributed by atoms with E-state index < -0.39 is 0 Å². The van der Waals surface area contributed by atoms with Crippen LogP contribution in [0.5, 0.6) is 0 Å². The van der Waals surface area contributed by atoms with Crippen molar-refractivity contribution in [3.8, 4) is 0 Å². The highest BCUT2D eigenvalue weighted by Gasteiger charge is 2.32. The van der Waals surface area contributed by atoms with Crippen molar-refractivity contribution >= 4 is 35.8 Å². The van der Waals surface area contributed by atoms with E-state index in [1.165, 1.54) is 38.5 Å². The molecular weight excluding hydrogens is 451 g/mol. The maximum Gasteiger partial charge on any atom is 0.225 e. The molecule has 0 aromatic rings. The molecule has 0 spiro atoms. The summed E-state index contributed by atoms with van der Waals surface area (Å²) in [5.41, 5.74) is 0. The lowest BCUT2D eigenvalue weighted by Crippen LogP contribution is -2.45. The molecule has 2 aliphatic carbocycles. The zero-order valence-electron chi connectivity index (χ0n) is 17.2.